The van der Waals surface area contributed by atoms with Gasteiger partial charge in [-0.3, -0.25) is 0 Å². The molecule has 1 aliphatic rings. The van der Waals surface area contributed by atoms with E-state index in [2.05, 4.69) is 15.9 Å². The summed E-state index contributed by atoms with van der Waals surface area (Å²) in [7, 11) is -3.25. The third-order valence-electron chi connectivity index (χ3n) is 5.49. The van der Waals surface area contributed by atoms with Crippen molar-refractivity contribution in [2.24, 2.45) is 0 Å². The Morgan fingerprint density at radius 3 is 2.53 bits per heavy atom. The van der Waals surface area contributed by atoms with Crippen LogP contribution in [0.3, 0.4) is 0 Å². The molecule has 0 aliphatic heterocycles. The predicted molar refractivity (Wildman–Crippen MR) is 126 cm³/mol. The van der Waals surface area contributed by atoms with E-state index in [0.29, 0.717) is 6.54 Å². The van der Waals surface area contributed by atoms with Crippen LogP contribution in [0.15, 0.2) is 83.9 Å². The van der Waals surface area contributed by atoms with Crippen LogP contribution in [0, 0.1) is 5.82 Å². The third-order valence-corrected chi connectivity index (χ3v) is 8.66. The molecular formula is C24H22FN3O2S2. The molecule has 164 valence electrons. The molecule has 0 radical (unpaired) electrons. The fraction of sp³-hybridized carbons (Fsp3) is 0.208. The van der Waals surface area contributed by atoms with Crippen molar-refractivity contribution in [3.8, 4) is 5.69 Å². The fourth-order valence-electron chi connectivity index (χ4n) is 3.62. The van der Waals surface area contributed by atoms with Crippen molar-refractivity contribution in [3.05, 3.63) is 90.4 Å². The molecule has 1 heterocycles. The molecule has 4 aromatic rings. The Balaban J connectivity index is 1.40. The van der Waals surface area contributed by atoms with Crippen LogP contribution in [-0.4, -0.2) is 30.0 Å². The Kier molecular flexibility index (Phi) is 5.75. The van der Waals surface area contributed by atoms with Gasteiger partial charge in [0.05, 0.1) is 22.7 Å². The van der Waals surface area contributed by atoms with Gasteiger partial charge in [-0.15, -0.1) is 11.8 Å². The van der Waals surface area contributed by atoms with E-state index in [0.717, 1.165) is 39.9 Å². The lowest BCUT2D eigenvalue weighted by Gasteiger charge is -2.18. The maximum Gasteiger partial charge on any atom is 0.214 e. The summed E-state index contributed by atoms with van der Waals surface area (Å²) in [6.07, 6.45) is 3.27. The van der Waals surface area contributed by atoms with Crippen LogP contribution < -0.4 is 4.72 Å². The monoisotopic (exact) mass is 467 g/mol. The van der Waals surface area contributed by atoms with E-state index in [1.54, 1.807) is 34.8 Å². The number of sulfonamides is 1. The van der Waals surface area contributed by atoms with Crippen LogP contribution in [-0.2, 0) is 10.0 Å². The van der Waals surface area contributed by atoms with E-state index in [4.69, 9.17) is 0 Å². The summed E-state index contributed by atoms with van der Waals surface area (Å²) in [6, 6.07) is 22.2. The molecule has 1 fully saturated rings. The van der Waals surface area contributed by atoms with E-state index in [9.17, 15) is 12.8 Å². The van der Waals surface area contributed by atoms with Gasteiger partial charge in [0.1, 0.15) is 5.82 Å². The van der Waals surface area contributed by atoms with Crippen molar-refractivity contribution < 1.29 is 12.8 Å². The first kappa shape index (κ1) is 21.2. The van der Waals surface area contributed by atoms with Crippen LogP contribution in [0.5, 0.6) is 0 Å². The molecule has 1 atom stereocenters. The van der Waals surface area contributed by atoms with Crippen LogP contribution in [0.4, 0.5) is 4.39 Å². The van der Waals surface area contributed by atoms with Gasteiger partial charge in [0, 0.05) is 22.1 Å². The lowest BCUT2D eigenvalue weighted by molar-refractivity contribution is 0.579. The SMILES string of the molecule is O=S(=O)(NCC(Sc1ccc2c(cnn2-c2ccc(F)cc2)c1)c1ccccc1)C1CC1. The molecule has 1 saturated carbocycles. The highest BCUT2D eigenvalue weighted by Gasteiger charge is 2.35. The van der Waals surface area contributed by atoms with E-state index in [1.165, 1.54) is 12.1 Å². The summed E-state index contributed by atoms with van der Waals surface area (Å²) < 4.78 is 42.6. The van der Waals surface area contributed by atoms with Gasteiger partial charge in [-0.2, -0.15) is 5.10 Å². The summed E-state index contributed by atoms with van der Waals surface area (Å²) in [5, 5.41) is 5.13. The fourth-order valence-corrected chi connectivity index (χ4v) is 6.25. The maximum atomic E-state index is 13.3. The number of hydrogen-bond acceptors (Lipinski definition) is 4. The number of fused-ring (bicyclic) bond motifs is 1. The van der Waals surface area contributed by atoms with E-state index >= 15 is 0 Å². The number of thioether (sulfide) groups is 1. The largest absolute Gasteiger partial charge is 0.233 e. The topological polar surface area (TPSA) is 64.0 Å². The first-order chi connectivity index (χ1) is 15.5. The van der Waals surface area contributed by atoms with Gasteiger partial charge in [0.25, 0.3) is 0 Å². The molecule has 32 heavy (non-hydrogen) atoms. The lowest BCUT2D eigenvalue weighted by Crippen LogP contribution is -2.30. The van der Waals surface area contributed by atoms with E-state index in [1.807, 2.05) is 42.5 Å². The molecule has 5 nitrogen and oxygen atoms in total. The number of rotatable bonds is 8. The second-order valence-electron chi connectivity index (χ2n) is 7.86. The second-order valence-corrected chi connectivity index (χ2v) is 11.2. The summed E-state index contributed by atoms with van der Waals surface area (Å²) >= 11 is 1.62. The van der Waals surface area contributed by atoms with Crippen LogP contribution in [0.2, 0.25) is 0 Å². The minimum atomic E-state index is -3.25. The zero-order chi connectivity index (χ0) is 22.1. The Bertz CT molecular complexity index is 1330. The summed E-state index contributed by atoms with van der Waals surface area (Å²) in [5.41, 5.74) is 2.78. The number of halogens is 1. The van der Waals surface area contributed by atoms with Crippen molar-refractivity contribution in [1.29, 1.82) is 0 Å². The average molecular weight is 468 g/mol. The molecule has 0 saturated heterocycles. The van der Waals surface area contributed by atoms with Crippen molar-refractivity contribution in [2.45, 2.75) is 28.2 Å². The van der Waals surface area contributed by atoms with Crippen molar-refractivity contribution in [1.82, 2.24) is 14.5 Å². The Morgan fingerprint density at radius 2 is 1.81 bits per heavy atom. The Morgan fingerprint density at radius 1 is 1.06 bits per heavy atom. The van der Waals surface area contributed by atoms with Gasteiger partial charge in [-0.05, 0) is 60.9 Å². The molecule has 1 unspecified atom stereocenters. The molecule has 1 aromatic heterocycles. The maximum absolute atomic E-state index is 13.3. The molecule has 1 N–H and O–H groups in total. The zero-order valence-electron chi connectivity index (χ0n) is 17.2. The number of aromatic nitrogens is 2. The molecule has 5 rings (SSSR count). The highest BCUT2D eigenvalue weighted by atomic mass is 32.2. The van der Waals surface area contributed by atoms with Crippen molar-refractivity contribution in [3.63, 3.8) is 0 Å². The molecular weight excluding hydrogens is 445 g/mol. The van der Waals surface area contributed by atoms with Gasteiger partial charge in [0.2, 0.25) is 10.0 Å². The molecule has 3 aromatic carbocycles. The number of nitrogens with zero attached hydrogens (tertiary/aromatic N) is 2. The molecule has 0 bridgehead atoms. The summed E-state index contributed by atoms with van der Waals surface area (Å²) in [6.45, 7) is 0.334. The third kappa shape index (κ3) is 4.57. The minimum absolute atomic E-state index is 0.0608. The van der Waals surface area contributed by atoms with Gasteiger partial charge < -0.3 is 0 Å². The number of hydrogen-bond donors (Lipinski definition) is 1. The normalized spacial score (nSPS) is 15.2. The van der Waals surface area contributed by atoms with Crippen molar-refractivity contribution >= 4 is 32.7 Å². The smallest absolute Gasteiger partial charge is 0.214 e. The molecule has 1 aliphatic carbocycles. The van der Waals surface area contributed by atoms with E-state index < -0.39 is 10.0 Å². The van der Waals surface area contributed by atoms with Gasteiger partial charge in [-0.25, -0.2) is 22.2 Å². The van der Waals surface area contributed by atoms with Gasteiger partial charge in [-0.1, -0.05) is 30.3 Å². The Labute approximate surface area is 190 Å². The highest BCUT2D eigenvalue weighted by Crippen LogP contribution is 2.37. The average Bonchev–Trinajstić information content (AvgIpc) is 3.59. The zero-order valence-corrected chi connectivity index (χ0v) is 18.8. The number of benzene rings is 3. The minimum Gasteiger partial charge on any atom is -0.233 e. The molecule has 0 amide bonds. The van der Waals surface area contributed by atoms with Gasteiger partial charge in [0.15, 0.2) is 0 Å². The second kappa shape index (κ2) is 8.69. The quantitative estimate of drug-likeness (QED) is 0.367. The first-order valence-corrected chi connectivity index (χ1v) is 12.9. The summed E-state index contributed by atoms with van der Waals surface area (Å²) in [5.74, 6) is -0.284. The van der Waals surface area contributed by atoms with Crippen LogP contribution in [0.25, 0.3) is 16.6 Å². The molecule has 0 spiro atoms. The Hall–Kier alpha value is -2.68. The first-order valence-electron chi connectivity index (χ1n) is 10.4. The van der Waals surface area contributed by atoms with Crippen LogP contribution in [0.1, 0.15) is 23.7 Å². The lowest BCUT2D eigenvalue weighted by atomic mass is 10.1. The number of nitrogens with one attached hydrogen (secondary N) is 1. The predicted octanol–water partition coefficient (Wildman–Crippen LogP) is 5.08. The highest BCUT2D eigenvalue weighted by molar-refractivity contribution is 7.99. The van der Waals surface area contributed by atoms with Crippen molar-refractivity contribution in [2.75, 3.05) is 6.54 Å². The van der Waals surface area contributed by atoms with Gasteiger partial charge >= 0.3 is 0 Å². The summed E-state index contributed by atoms with van der Waals surface area (Å²) in [4.78, 5) is 1.02. The molecule has 8 heteroatoms. The van der Waals surface area contributed by atoms with Crippen LogP contribution >= 0.6 is 11.8 Å². The van der Waals surface area contributed by atoms with E-state index in [-0.39, 0.29) is 16.3 Å². The standard InChI is InChI=1S/C24H22FN3O2S2/c25-19-6-8-20(9-7-19)28-23-13-10-21(14-18(23)15-26-28)31-24(17-4-2-1-3-5-17)16-27-32(29,30)22-11-12-22/h1-10,13-15,22,24,27H,11-12,16H2.